The monoisotopic (exact) mass is 527 g/mol. The van der Waals surface area contributed by atoms with Crippen LogP contribution in [-0.4, -0.2) is 104 Å². The van der Waals surface area contributed by atoms with Crippen LogP contribution in [0.1, 0.15) is 35.2 Å². The summed E-state index contributed by atoms with van der Waals surface area (Å²) in [6.45, 7) is 0.381. The number of carbonyl (C=O) groups excluding carboxylic acids is 4. The lowest BCUT2D eigenvalue weighted by Crippen LogP contribution is -2.49. The molecule has 1 aromatic carbocycles. The second kappa shape index (κ2) is 12.3. The highest BCUT2D eigenvalue weighted by Gasteiger charge is 2.44. The molecular formula is C27H33N3O8. The smallest absolute Gasteiger partial charge is 0.338 e. The third kappa shape index (κ3) is 6.29. The zero-order valence-corrected chi connectivity index (χ0v) is 21.5. The third-order valence-electron chi connectivity index (χ3n) is 6.74. The number of ether oxygens (including phenoxy) is 3. The van der Waals surface area contributed by atoms with E-state index in [0.29, 0.717) is 36.1 Å². The molecule has 204 valence electrons. The van der Waals surface area contributed by atoms with E-state index in [0.717, 1.165) is 0 Å². The van der Waals surface area contributed by atoms with Crippen LogP contribution in [0.2, 0.25) is 0 Å². The van der Waals surface area contributed by atoms with Gasteiger partial charge in [0.2, 0.25) is 17.7 Å². The van der Waals surface area contributed by atoms with Crippen molar-refractivity contribution in [3.05, 3.63) is 53.1 Å². The second-order valence-electron chi connectivity index (χ2n) is 9.58. The lowest BCUT2D eigenvalue weighted by molar-refractivity contribution is -0.136. The van der Waals surface area contributed by atoms with Crippen molar-refractivity contribution >= 4 is 29.8 Å². The first-order chi connectivity index (χ1) is 18.3. The van der Waals surface area contributed by atoms with Crippen LogP contribution in [0.5, 0.6) is 0 Å². The van der Waals surface area contributed by atoms with Crippen molar-refractivity contribution in [1.82, 2.24) is 15.1 Å². The number of benzene rings is 1. The Morgan fingerprint density at radius 2 is 2.05 bits per heavy atom. The standard InChI is InChI=1S/C27H33N3O8/c1-29(2)23(32)9-8-17-5-3-6-18(13-17)27(35)38-22-15-19(14-21-24(22)37-16-36-21)26(34)30-11-4-7-20(30)25(33)28-10-12-31/h3,5-6,8-9,13-14,20-22,24,31H,4,7,10-12,15-16H2,1-2H3,(H,28,33)/t20-,21-,22-,24-/m1/s1. The number of carbonyl (C=O) groups is 4. The molecule has 3 aliphatic rings. The average molecular weight is 528 g/mol. The number of rotatable bonds is 8. The first-order valence-electron chi connectivity index (χ1n) is 12.6. The van der Waals surface area contributed by atoms with Gasteiger partial charge in [-0.05, 0) is 42.7 Å². The number of amides is 3. The molecule has 0 radical (unpaired) electrons. The molecule has 38 heavy (non-hydrogen) atoms. The molecule has 0 unspecified atom stereocenters. The molecule has 2 fully saturated rings. The lowest BCUT2D eigenvalue weighted by Gasteiger charge is -2.32. The van der Waals surface area contributed by atoms with E-state index in [2.05, 4.69) is 5.32 Å². The summed E-state index contributed by atoms with van der Waals surface area (Å²) in [6.07, 6.45) is 4.18. The molecule has 2 heterocycles. The van der Waals surface area contributed by atoms with Crippen molar-refractivity contribution < 1.29 is 38.5 Å². The molecule has 0 bridgehead atoms. The first kappa shape index (κ1) is 27.5. The summed E-state index contributed by atoms with van der Waals surface area (Å²) in [6, 6.07) is 6.07. The van der Waals surface area contributed by atoms with E-state index in [1.165, 1.54) is 15.9 Å². The number of aliphatic hydroxyl groups excluding tert-OH is 1. The van der Waals surface area contributed by atoms with Crippen LogP contribution in [0.3, 0.4) is 0 Å². The second-order valence-corrected chi connectivity index (χ2v) is 9.58. The van der Waals surface area contributed by atoms with Crippen molar-refractivity contribution in [2.75, 3.05) is 40.6 Å². The molecule has 2 saturated heterocycles. The molecule has 0 saturated carbocycles. The summed E-state index contributed by atoms with van der Waals surface area (Å²) in [5, 5.41) is 11.6. The molecule has 0 aromatic heterocycles. The van der Waals surface area contributed by atoms with Crippen LogP contribution in [-0.2, 0) is 28.6 Å². The largest absolute Gasteiger partial charge is 0.456 e. The average Bonchev–Trinajstić information content (AvgIpc) is 3.60. The van der Waals surface area contributed by atoms with Gasteiger partial charge in [-0.3, -0.25) is 14.4 Å². The molecule has 11 heteroatoms. The van der Waals surface area contributed by atoms with Crippen molar-refractivity contribution in [3.63, 3.8) is 0 Å². The van der Waals surface area contributed by atoms with Gasteiger partial charge in [0.1, 0.15) is 31.1 Å². The Morgan fingerprint density at radius 3 is 2.82 bits per heavy atom. The van der Waals surface area contributed by atoms with Crippen molar-refractivity contribution in [2.24, 2.45) is 0 Å². The van der Waals surface area contributed by atoms with E-state index in [4.69, 9.17) is 19.3 Å². The predicted molar refractivity (Wildman–Crippen MR) is 136 cm³/mol. The fourth-order valence-corrected chi connectivity index (χ4v) is 4.77. The van der Waals surface area contributed by atoms with Crippen LogP contribution in [0, 0.1) is 0 Å². The van der Waals surface area contributed by atoms with Crippen molar-refractivity contribution in [1.29, 1.82) is 0 Å². The number of nitrogens with zero attached hydrogens (tertiary/aromatic N) is 2. The van der Waals surface area contributed by atoms with E-state index in [1.807, 2.05) is 0 Å². The molecule has 11 nitrogen and oxygen atoms in total. The maximum absolute atomic E-state index is 13.5. The Balaban J connectivity index is 1.46. The fourth-order valence-electron chi connectivity index (χ4n) is 4.77. The summed E-state index contributed by atoms with van der Waals surface area (Å²) in [5.74, 6) is -1.38. The number of likely N-dealkylation sites (N-methyl/N-ethyl adjacent to an activating group) is 1. The SMILES string of the molecule is CN(C)C(=O)C=Cc1cccc(C(=O)O[C@@H]2CC(C(=O)N3CCC[C@@H]3C(=O)NCCO)=C[C@H]3OCO[C@H]32)c1. The Bertz CT molecular complexity index is 1130. The van der Waals surface area contributed by atoms with Gasteiger partial charge in [0.15, 0.2) is 0 Å². The number of esters is 1. The third-order valence-corrected chi connectivity index (χ3v) is 6.74. The van der Waals surface area contributed by atoms with E-state index < -0.39 is 30.3 Å². The molecule has 4 atom stereocenters. The molecule has 0 spiro atoms. The summed E-state index contributed by atoms with van der Waals surface area (Å²) in [4.78, 5) is 53.8. The number of nitrogens with one attached hydrogen (secondary N) is 1. The van der Waals surface area contributed by atoms with E-state index >= 15 is 0 Å². The Labute approximate surface area is 221 Å². The van der Waals surface area contributed by atoms with Crippen LogP contribution >= 0.6 is 0 Å². The fraction of sp³-hybridized carbons (Fsp3) is 0.481. The molecule has 1 aliphatic carbocycles. The topological polar surface area (TPSA) is 135 Å². The van der Waals surface area contributed by atoms with E-state index in [9.17, 15) is 19.2 Å². The van der Waals surface area contributed by atoms with Gasteiger partial charge in [-0.2, -0.15) is 0 Å². The van der Waals surface area contributed by atoms with Crippen LogP contribution in [0.15, 0.2) is 42.0 Å². The number of aliphatic hydroxyl groups is 1. The first-order valence-corrected chi connectivity index (χ1v) is 12.6. The maximum atomic E-state index is 13.5. The molecule has 2 aliphatic heterocycles. The zero-order chi connectivity index (χ0) is 27.2. The Hall–Kier alpha value is -3.54. The minimum atomic E-state index is -0.766. The van der Waals surface area contributed by atoms with E-state index in [-0.39, 0.29) is 44.1 Å². The van der Waals surface area contributed by atoms with Gasteiger partial charge in [-0.1, -0.05) is 12.1 Å². The van der Waals surface area contributed by atoms with Crippen LogP contribution < -0.4 is 5.32 Å². The highest BCUT2D eigenvalue weighted by molar-refractivity contribution is 5.98. The highest BCUT2D eigenvalue weighted by atomic mass is 16.7. The van der Waals surface area contributed by atoms with Crippen LogP contribution in [0.25, 0.3) is 6.08 Å². The summed E-state index contributed by atoms with van der Waals surface area (Å²) in [5.41, 5.74) is 1.35. The van der Waals surface area contributed by atoms with Crippen LogP contribution in [0.4, 0.5) is 0 Å². The molecule has 3 amide bonds. The normalized spacial score (nSPS) is 24.6. The number of hydrogen-bond donors (Lipinski definition) is 2. The van der Waals surface area contributed by atoms with E-state index in [1.54, 1.807) is 50.5 Å². The number of fused-ring (bicyclic) bond motifs is 1. The van der Waals surface area contributed by atoms with Crippen molar-refractivity contribution in [2.45, 2.75) is 43.6 Å². The summed E-state index contributed by atoms with van der Waals surface area (Å²) in [7, 11) is 3.30. The summed E-state index contributed by atoms with van der Waals surface area (Å²) >= 11 is 0. The van der Waals surface area contributed by atoms with Gasteiger partial charge in [0.25, 0.3) is 0 Å². The van der Waals surface area contributed by atoms with Gasteiger partial charge in [-0.15, -0.1) is 0 Å². The molecule has 2 N–H and O–H groups in total. The summed E-state index contributed by atoms with van der Waals surface area (Å²) < 4.78 is 17.1. The molecular weight excluding hydrogens is 494 g/mol. The number of hydrogen-bond acceptors (Lipinski definition) is 8. The molecule has 1 aromatic rings. The Morgan fingerprint density at radius 1 is 1.24 bits per heavy atom. The lowest BCUT2D eigenvalue weighted by atomic mass is 9.91. The predicted octanol–water partition coefficient (Wildman–Crippen LogP) is 0.485. The minimum Gasteiger partial charge on any atom is -0.456 e. The Kier molecular flexibility index (Phi) is 8.93. The quantitative estimate of drug-likeness (QED) is 0.368. The number of likely N-dealkylation sites (tertiary alicyclic amines) is 1. The molecule has 4 rings (SSSR count). The maximum Gasteiger partial charge on any atom is 0.338 e. The van der Waals surface area contributed by atoms with Gasteiger partial charge < -0.3 is 34.4 Å². The minimum absolute atomic E-state index is 0.0114. The van der Waals surface area contributed by atoms with Gasteiger partial charge in [-0.25, -0.2) is 4.79 Å². The van der Waals surface area contributed by atoms with Gasteiger partial charge in [0.05, 0.1) is 12.2 Å². The van der Waals surface area contributed by atoms with Gasteiger partial charge in [0, 0.05) is 45.3 Å². The zero-order valence-electron chi connectivity index (χ0n) is 21.5. The highest BCUT2D eigenvalue weighted by Crippen LogP contribution is 2.33. The van der Waals surface area contributed by atoms with Gasteiger partial charge >= 0.3 is 5.97 Å². The van der Waals surface area contributed by atoms with Crippen molar-refractivity contribution in [3.8, 4) is 0 Å².